The Morgan fingerprint density at radius 3 is 2.48 bits per heavy atom. The van der Waals surface area contributed by atoms with E-state index in [9.17, 15) is 20.1 Å². The fraction of sp³-hybridized carbons (Fsp3) is 0.400. The molecule has 5 atom stereocenters. The van der Waals surface area contributed by atoms with Crippen LogP contribution in [0.1, 0.15) is 5.56 Å². The van der Waals surface area contributed by atoms with E-state index in [2.05, 4.69) is 6.58 Å². The third-order valence-corrected chi connectivity index (χ3v) is 3.48. The molecule has 0 spiro atoms. The minimum Gasteiger partial charge on any atom is -0.493 e. The predicted molar refractivity (Wildman–Crippen MR) is 78.0 cm³/mol. The minimum absolute atomic E-state index is 0.176. The molecular formula is C15H18O8. The number of benzene rings is 1. The molecule has 0 aliphatic carbocycles. The summed E-state index contributed by atoms with van der Waals surface area (Å²) in [5, 5.41) is 38.3. The summed E-state index contributed by atoms with van der Waals surface area (Å²) in [5.41, 5.74) is 0.762. The highest BCUT2D eigenvalue weighted by atomic mass is 16.7. The van der Waals surface area contributed by atoms with Gasteiger partial charge in [0.2, 0.25) is 6.29 Å². The third kappa shape index (κ3) is 3.45. The number of aliphatic hydroxyl groups excluding tert-OH is 3. The van der Waals surface area contributed by atoms with Crippen LogP contribution in [0.15, 0.2) is 24.8 Å². The van der Waals surface area contributed by atoms with Crippen molar-refractivity contribution in [3.63, 3.8) is 0 Å². The lowest BCUT2D eigenvalue weighted by molar-refractivity contribution is -0.271. The largest absolute Gasteiger partial charge is 0.493 e. The number of methoxy groups -OCH3 is 1. The molecule has 0 amide bonds. The van der Waals surface area contributed by atoms with Crippen molar-refractivity contribution >= 4 is 12.0 Å². The Labute approximate surface area is 132 Å². The summed E-state index contributed by atoms with van der Waals surface area (Å²) in [7, 11) is 1.41. The van der Waals surface area contributed by atoms with Crippen LogP contribution in [0.4, 0.5) is 0 Å². The SMILES string of the molecule is C=Cc1ccc(O[C@H]2O[C@@H](C(=O)O)C(O)[C@@H](O)C2O)c(OC)c1. The van der Waals surface area contributed by atoms with Gasteiger partial charge in [-0.25, -0.2) is 4.79 Å². The van der Waals surface area contributed by atoms with Gasteiger partial charge in [-0.2, -0.15) is 0 Å². The van der Waals surface area contributed by atoms with Crippen molar-refractivity contribution in [3.05, 3.63) is 30.3 Å². The van der Waals surface area contributed by atoms with E-state index in [-0.39, 0.29) is 5.75 Å². The second kappa shape index (κ2) is 6.97. The zero-order valence-electron chi connectivity index (χ0n) is 12.3. The van der Waals surface area contributed by atoms with E-state index in [1.165, 1.54) is 13.2 Å². The van der Waals surface area contributed by atoms with Crippen LogP contribution < -0.4 is 9.47 Å². The Morgan fingerprint density at radius 2 is 1.91 bits per heavy atom. The average molecular weight is 326 g/mol. The summed E-state index contributed by atoms with van der Waals surface area (Å²) in [5.74, 6) is -0.994. The molecule has 1 aliphatic heterocycles. The molecule has 1 aliphatic rings. The molecule has 0 bridgehead atoms. The molecule has 8 nitrogen and oxygen atoms in total. The van der Waals surface area contributed by atoms with Crippen molar-refractivity contribution in [2.75, 3.05) is 7.11 Å². The maximum absolute atomic E-state index is 11.1. The first-order valence-corrected chi connectivity index (χ1v) is 6.78. The van der Waals surface area contributed by atoms with Gasteiger partial charge in [0.1, 0.15) is 18.3 Å². The number of hydrogen-bond acceptors (Lipinski definition) is 7. The summed E-state index contributed by atoms with van der Waals surface area (Å²) in [6.45, 7) is 3.62. The topological polar surface area (TPSA) is 126 Å². The lowest BCUT2D eigenvalue weighted by Gasteiger charge is -2.38. The molecule has 8 heteroatoms. The summed E-state index contributed by atoms with van der Waals surface area (Å²) in [6, 6.07) is 4.82. The molecular weight excluding hydrogens is 308 g/mol. The molecule has 0 radical (unpaired) electrons. The van der Waals surface area contributed by atoms with Gasteiger partial charge in [-0.05, 0) is 17.7 Å². The average Bonchev–Trinajstić information content (AvgIpc) is 2.55. The summed E-state index contributed by atoms with van der Waals surface area (Å²) < 4.78 is 15.6. The quantitative estimate of drug-likeness (QED) is 0.576. The number of hydrogen-bond donors (Lipinski definition) is 4. The predicted octanol–water partition coefficient (Wildman–Crippen LogP) is -0.391. The second-order valence-corrected chi connectivity index (χ2v) is 4.97. The van der Waals surface area contributed by atoms with E-state index < -0.39 is 36.7 Å². The van der Waals surface area contributed by atoms with Crippen molar-refractivity contribution in [2.24, 2.45) is 0 Å². The highest BCUT2D eigenvalue weighted by Gasteiger charge is 2.48. The number of carboxylic acids is 1. The van der Waals surface area contributed by atoms with E-state index >= 15 is 0 Å². The Bertz CT molecular complexity index is 587. The maximum atomic E-state index is 11.1. The van der Waals surface area contributed by atoms with Crippen molar-refractivity contribution in [2.45, 2.75) is 30.7 Å². The molecule has 1 aromatic carbocycles. The fourth-order valence-corrected chi connectivity index (χ4v) is 2.18. The van der Waals surface area contributed by atoms with Crippen LogP contribution in [0, 0.1) is 0 Å². The molecule has 1 fully saturated rings. The second-order valence-electron chi connectivity index (χ2n) is 4.97. The Hall–Kier alpha value is -2.13. The van der Waals surface area contributed by atoms with Crippen LogP contribution >= 0.6 is 0 Å². The van der Waals surface area contributed by atoms with Gasteiger partial charge in [0.25, 0.3) is 0 Å². The van der Waals surface area contributed by atoms with Gasteiger partial charge in [0.15, 0.2) is 17.6 Å². The minimum atomic E-state index is -1.77. The van der Waals surface area contributed by atoms with Crippen LogP contribution in [0.3, 0.4) is 0 Å². The van der Waals surface area contributed by atoms with Gasteiger partial charge < -0.3 is 34.6 Å². The lowest BCUT2D eigenvalue weighted by atomic mass is 9.99. The Morgan fingerprint density at radius 1 is 1.22 bits per heavy atom. The monoisotopic (exact) mass is 326 g/mol. The van der Waals surface area contributed by atoms with Crippen molar-refractivity contribution < 1.29 is 39.4 Å². The van der Waals surface area contributed by atoms with Gasteiger partial charge in [-0.1, -0.05) is 18.7 Å². The number of aliphatic hydroxyl groups is 3. The van der Waals surface area contributed by atoms with Crippen LogP contribution in [0.5, 0.6) is 11.5 Å². The van der Waals surface area contributed by atoms with Gasteiger partial charge in [-0.3, -0.25) is 0 Å². The lowest BCUT2D eigenvalue weighted by Crippen LogP contribution is -2.61. The van der Waals surface area contributed by atoms with Crippen LogP contribution in [0.2, 0.25) is 0 Å². The summed E-state index contributed by atoms with van der Waals surface area (Å²) >= 11 is 0. The van der Waals surface area contributed by atoms with Crippen molar-refractivity contribution in [1.82, 2.24) is 0 Å². The molecule has 126 valence electrons. The number of ether oxygens (including phenoxy) is 3. The van der Waals surface area contributed by atoms with E-state index in [1.54, 1.807) is 18.2 Å². The maximum Gasteiger partial charge on any atom is 0.335 e. The fourth-order valence-electron chi connectivity index (χ4n) is 2.18. The normalized spacial score (nSPS) is 30.5. The standard InChI is InChI=1S/C15H18O8/c1-3-7-4-5-8(9(6-7)21-2)22-15-12(18)10(16)11(17)13(23-15)14(19)20/h3-6,10-13,15-18H,1H2,2H3,(H,19,20)/t10-,11?,12?,13-,15+/m1/s1. The first-order chi connectivity index (χ1) is 10.9. The molecule has 23 heavy (non-hydrogen) atoms. The third-order valence-electron chi connectivity index (χ3n) is 3.48. The summed E-state index contributed by atoms with van der Waals surface area (Å²) in [4.78, 5) is 11.1. The zero-order chi connectivity index (χ0) is 17.1. The highest BCUT2D eigenvalue weighted by molar-refractivity contribution is 5.73. The van der Waals surface area contributed by atoms with E-state index in [4.69, 9.17) is 19.3 Å². The molecule has 1 saturated heterocycles. The Kier molecular flexibility index (Phi) is 5.22. The van der Waals surface area contributed by atoms with Crippen molar-refractivity contribution in [1.29, 1.82) is 0 Å². The van der Waals surface area contributed by atoms with Crippen LogP contribution in [-0.2, 0) is 9.53 Å². The first-order valence-electron chi connectivity index (χ1n) is 6.78. The number of aliphatic carboxylic acids is 1. The van der Waals surface area contributed by atoms with Crippen LogP contribution in [0.25, 0.3) is 6.08 Å². The first kappa shape index (κ1) is 17.2. The van der Waals surface area contributed by atoms with Crippen molar-refractivity contribution in [3.8, 4) is 11.5 Å². The molecule has 0 saturated carbocycles. The molecule has 0 aromatic heterocycles. The zero-order valence-corrected chi connectivity index (χ0v) is 12.3. The van der Waals surface area contributed by atoms with E-state index in [1.807, 2.05) is 0 Å². The molecule has 2 rings (SSSR count). The van der Waals surface area contributed by atoms with E-state index in [0.717, 1.165) is 5.56 Å². The number of carbonyl (C=O) groups is 1. The molecule has 4 N–H and O–H groups in total. The number of rotatable bonds is 5. The number of carboxylic acid groups (broad SMARTS) is 1. The van der Waals surface area contributed by atoms with Gasteiger partial charge >= 0.3 is 5.97 Å². The van der Waals surface area contributed by atoms with Gasteiger partial charge in [0.05, 0.1) is 7.11 Å². The highest BCUT2D eigenvalue weighted by Crippen LogP contribution is 2.32. The smallest absolute Gasteiger partial charge is 0.335 e. The molecule has 2 unspecified atom stereocenters. The Balaban J connectivity index is 2.24. The van der Waals surface area contributed by atoms with Gasteiger partial charge in [0, 0.05) is 0 Å². The molecule has 1 heterocycles. The van der Waals surface area contributed by atoms with Crippen LogP contribution in [-0.4, -0.2) is 64.2 Å². The van der Waals surface area contributed by atoms with E-state index in [0.29, 0.717) is 5.75 Å². The summed E-state index contributed by atoms with van der Waals surface area (Å²) in [6.07, 6.45) is -6.75. The van der Waals surface area contributed by atoms with Gasteiger partial charge in [-0.15, -0.1) is 0 Å². The molecule has 1 aromatic rings.